The summed E-state index contributed by atoms with van der Waals surface area (Å²) in [6.07, 6.45) is 0.661. The van der Waals surface area contributed by atoms with E-state index in [1.807, 2.05) is 50.2 Å². The molecule has 0 saturated heterocycles. The molecule has 0 aliphatic rings. The summed E-state index contributed by atoms with van der Waals surface area (Å²) in [6.45, 7) is 2.21. The molecular formula is C16H21N5O2. The summed E-state index contributed by atoms with van der Waals surface area (Å²) in [7, 11) is 3.96. The topological polar surface area (TPSA) is 90.1 Å². The molecule has 0 unspecified atom stereocenters. The summed E-state index contributed by atoms with van der Waals surface area (Å²) in [6, 6.07) is 9.70. The summed E-state index contributed by atoms with van der Waals surface area (Å²) in [5.74, 6) is -1.06. The van der Waals surface area contributed by atoms with E-state index in [1.54, 1.807) is 6.07 Å². The number of H-pyrrole nitrogens is 1. The van der Waals surface area contributed by atoms with E-state index in [1.165, 1.54) is 0 Å². The highest BCUT2D eigenvalue weighted by Gasteiger charge is 2.14. The van der Waals surface area contributed by atoms with E-state index >= 15 is 0 Å². The molecule has 0 aliphatic carbocycles. The Hall–Kier alpha value is -2.83. The molecule has 1 aromatic heterocycles. The first-order chi connectivity index (χ1) is 11.0. The molecule has 1 aromatic carbocycles. The van der Waals surface area contributed by atoms with E-state index in [-0.39, 0.29) is 0 Å². The molecule has 7 nitrogen and oxygen atoms in total. The predicted octanol–water partition coefficient (Wildman–Crippen LogP) is 1.08. The number of anilines is 2. The third-order valence-electron chi connectivity index (χ3n) is 3.31. The Morgan fingerprint density at radius 1 is 1.17 bits per heavy atom. The van der Waals surface area contributed by atoms with Crippen LogP contribution in [0.15, 0.2) is 30.3 Å². The Balaban J connectivity index is 1.76. The lowest BCUT2D eigenvalue weighted by Crippen LogP contribution is -2.36. The second-order valence-corrected chi connectivity index (χ2v) is 5.46. The van der Waals surface area contributed by atoms with Crippen LogP contribution in [-0.2, 0) is 16.0 Å². The van der Waals surface area contributed by atoms with Crippen molar-refractivity contribution < 1.29 is 9.59 Å². The number of carbonyl (C=O) groups is 2. The molecule has 0 radical (unpaired) electrons. The Labute approximate surface area is 135 Å². The van der Waals surface area contributed by atoms with E-state index in [2.05, 4.69) is 20.8 Å². The minimum atomic E-state index is -0.723. The fourth-order valence-electron chi connectivity index (χ4n) is 2.02. The highest BCUT2D eigenvalue weighted by atomic mass is 16.2. The summed E-state index contributed by atoms with van der Waals surface area (Å²) in [5.41, 5.74) is 3.02. The highest BCUT2D eigenvalue weighted by molar-refractivity contribution is 6.39. The molecular weight excluding hydrogens is 294 g/mol. The average Bonchev–Trinajstić information content (AvgIpc) is 2.92. The van der Waals surface area contributed by atoms with Gasteiger partial charge in [-0.15, -0.1) is 0 Å². The Bertz CT molecular complexity index is 676. The van der Waals surface area contributed by atoms with Crippen molar-refractivity contribution in [3.8, 4) is 0 Å². The van der Waals surface area contributed by atoms with Gasteiger partial charge in [0.15, 0.2) is 5.82 Å². The highest BCUT2D eigenvalue weighted by Crippen LogP contribution is 2.12. The molecule has 2 aromatic rings. The molecule has 1 heterocycles. The van der Waals surface area contributed by atoms with E-state index in [4.69, 9.17) is 0 Å². The van der Waals surface area contributed by atoms with Crippen LogP contribution in [0, 0.1) is 6.92 Å². The van der Waals surface area contributed by atoms with Crippen molar-refractivity contribution in [1.82, 2.24) is 15.5 Å². The fourth-order valence-corrected chi connectivity index (χ4v) is 2.02. The van der Waals surface area contributed by atoms with Crippen LogP contribution in [0.2, 0.25) is 0 Å². The van der Waals surface area contributed by atoms with Crippen LogP contribution in [-0.4, -0.2) is 42.7 Å². The lowest BCUT2D eigenvalue weighted by molar-refractivity contribution is -0.136. The third kappa shape index (κ3) is 4.84. The van der Waals surface area contributed by atoms with Gasteiger partial charge in [0.05, 0.1) is 0 Å². The molecule has 2 amide bonds. The first-order valence-corrected chi connectivity index (χ1v) is 7.33. The summed E-state index contributed by atoms with van der Waals surface area (Å²) in [4.78, 5) is 25.4. The van der Waals surface area contributed by atoms with Crippen molar-refractivity contribution in [2.24, 2.45) is 0 Å². The van der Waals surface area contributed by atoms with Crippen LogP contribution in [0.4, 0.5) is 11.5 Å². The lowest BCUT2D eigenvalue weighted by atomic mass is 10.1. The SMILES string of the molecule is Cc1cc(NC(=O)C(=O)NCCc2ccc(N(C)C)cc2)n[nH]1. The largest absolute Gasteiger partial charge is 0.378 e. The quantitative estimate of drug-likeness (QED) is 0.720. The van der Waals surface area contributed by atoms with Crippen molar-refractivity contribution >= 4 is 23.3 Å². The van der Waals surface area contributed by atoms with E-state index in [0.29, 0.717) is 18.8 Å². The van der Waals surface area contributed by atoms with Crippen molar-refractivity contribution in [2.45, 2.75) is 13.3 Å². The minimum absolute atomic E-state index is 0.335. The number of nitrogens with zero attached hydrogens (tertiary/aromatic N) is 2. The average molecular weight is 315 g/mol. The maximum absolute atomic E-state index is 11.7. The number of rotatable bonds is 5. The van der Waals surface area contributed by atoms with Crippen LogP contribution < -0.4 is 15.5 Å². The van der Waals surface area contributed by atoms with Crippen molar-refractivity contribution in [2.75, 3.05) is 30.9 Å². The van der Waals surface area contributed by atoms with Gasteiger partial charge in [-0.3, -0.25) is 14.7 Å². The second-order valence-electron chi connectivity index (χ2n) is 5.46. The van der Waals surface area contributed by atoms with Crippen molar-refractivity contribution in [3.63, 3.8) is 0 Å². The van der Waals surface area contributed by atoms with E-state index in [9.17, 15) is 9.59 Å². The van der Waals surface area contributed by atoms with Gasteiger partial charge >= 0.3 is 11.8 Å². The number of nitrogens with one attached hydrogen (secondary N) is 3. The van der Waals surface area contributed by atoms with Gasteiger partial charge in [-0.1, -0.05) is 12.1 Å². The number of hydrogen-bond donors (Lipinski definition) is 3. The first kappa shape index (κ1) is 16.5. The van der Waals surface area contributed by atoms with Gasteiger partial charge in [0.25, 0.3) is 0 Å². The number of carbonyl (C=O) groups excluding carboxylic acids is 2. The van der Waals surface area contributed by atoms with Crippen LogP contribution in [0.1, 0.15) is 11.3 Å². The van der Waals surface area contributed by atoms with Crippen LogP contribution >= 0.6 is 0 Å². The molecule has 0 bridgehead atoms. The number of aryl methyl sites for hydroxylation is 1. The smallest absolute Gasteiger partial charge is 0.314 e. The molecule has 23 heavy (non-hydrogen) atoms. The van der Waals surface area contributed by atoms with Crippen LogP contribution in [0.25, 0.3) is 0 Å². The molecule has 0 saturated carbocycles. The summed E-state index contributed by atoms with van der Waals surface area (Å²) >= 11 is 0. The zero-order valence-corrected chi connectivity index (χ0v) is 13.5. The standard InChI is InChI=1S/C16H21N5O2/c1-11-10-14(20-19-11)18-16(23)15(22)17-9-8-12-4-6-13(7-5-12)21(2)3/h4-7,10H,8-9H2,1-3H3,(H,17,22)(H2,18,19,20,23). The first-order valence-electron chi connectivity index (χ1n) is 7.33. The fraction of sp³-hybridized carbons (Fsp3) is 0.312. The van der Waals surface area contributed by atoms with Gasteiger partial charge in [-0.2, -0.15) is 5.10 Å². The predicted molar refractivity (Wildman–Crippen MR) is 89.4 cm³/mol. The molecule has 7 heteroatoms. The minimum Gasteiger partial charge on any atom is -0.378 e. The zero-order chi connectivity index (χ0) is 16.8. The number of amides is 2. The number of hydrogen-bond acceptors (Lipinski definition) is 4. The third-order valence-corrected chi connectivity index (χ3v) is 3.31. The second kappa shape index (κ2) is 7.44. The maximum atomic E-state index is 11.7. The number of benzene rings is 1. The molecule has 0 aliphatic heterocycles. The van der Waals surface area contributed by atoms with Gasteiger partial charge in [0.1, 0.15) is 0 Å². The van der Waals surface area contributed by atoms with Gasteiger partial charge in [-0.25, -0.2) is 0 Å². The van der Waals surface area contributed by atoms with E-state index in [0.717, 1.165) is 16.9 Å². The monoisotopic (exact) mass is 315 g/mol. The number of aromatic nitrogens is 2. The summed E-state index contributed by atoms with van der Waals surface area (Å²) < 4.78 is 0. The molecule has 0 fully saturated rings. The van der Waals surface area contributed by atoms with Gasteiger partial charge in [0, 0.05) is 38.1 Å². The Morgan fingerprint density at radius 3 is 2.43 bits per heavy atom. The van der Waals surface area contributed by atoms with Crippen molar-refractivity contribution in [1.29, 1.82) is 0 Å². The van der Waals surface area contributed by atoms with Gasteiger partial charge < -0.3 is 15.5 Å². The maximum Gasteiger partial charge on any atom is 0.314 e. The molecule has 122 valence electrons. The zero-order valence-electron chi connectivity index (χ0n) is 13.5. The normalized spacial score (nSPS) is 10.2. The summed E-state index contributed by atoms with van der Waals surface area (Å²) in [5, 5.41) is 11.6. The number of aromatic amines is 1. The van der Waals surface area contributed by atoms with Crippen molar-refractivity contribution in [3.05, 3.63) is 41.6 Å². The van der Waals surface area contributed by atoms with Crippen LogP contribution in [0.3, 0.4) is 0 Å². The van der Waals surface area contributed by atoms with Gasteiger partial charge in [-0.05, 0) is 31.0 Å². The molecule has 0 atom stereocenters. The molecule has 2 rings (SSSR count). The van der Waals surface area contributed by atoms with Gasteiger partial charge in [0.2, 0.25) is 0 Å². The molecule has 0 spiro atoms. The lowest BCUT2D eigenvalue weighted by Gasteiger charge is -2.12. The molecule has 3 N–H and O–H groups in total. The van der Waals surface area contributed by atoms with Crippen LogP contribution in [0.5, 0.6) is 0 Å². The Kier molecular flexibility index (Phi) is 5.35. The Morgan fingerprint density at radius 2 is 1.87 bits per heavy atom. The van der Waals surface area contributed by atoms with E-state index < -0.39 is 11.8 Å².